The van der Waals surface area contributed by atoms with E-state index in [1.165, 1.54) is 0 Å². The molecule has 0 aromatic rings. The van der Waals surface area contributed by atoms with Crippen molar-refractivity contribution in [2.24, 2.45) is 22.7 Å². The van der Waals surface area contributed by atoms with E-state index < -0.39 is 12.3 Å². The Kier molecular flexibility index (Phi) is 5.59. The van der Waals surface area contributed by atoms with Crippen LogP contribution in [0.5, 0.6) is 0 Å². The Morgan fingerprint density at radius 1 is 1.76 bits per heavy atom. The van der Waals surface area contributed by atoms with E-state index in [0.717, 1.165) is 25.9 Å². The van der Waals surface area contributed by atoms with Gasteiger partial charge >= 0.3 is 6.09 Å². The Balaban J connectivity index is 2.48. The summed E-state index contributed by atoms with van der Waals surface area (Å²) < 4.78 is 10.1. The monoisotopic (exact) mass is 242 g/mol. The van der Waals surface area contributed by atoms with E-state index in [1.807, 2.05) is 6.92 Å². The van der Waals surface area contributed by atoms with Crippen LogP contribution in [0.1, 0.15) is 26.2 Å². The first-order chi connectivity index (χ1) is 8.13. The summed E-state index contributed by atoms with van der Waals surface area (Å²) in [6, 6.07) is 0. The van der Waals surface area contributed by atoms with Gasteiger partial charge in [0.05, 0.1) is 0 Å². The lowest BCUT2D eigenvalue weighted by Gasteiger charge is -2.27. The zero-order valence-electron chi connectivity index (χ0n) is 9.91. The molecule has 0 bridgehead atoms. The van der Waals surface area contributed by atoms with E-state index in [4.69, 9.17) is 20.7 Å². The fraction of sp³-hybridized carbons (Fsp3) is 0.900. The Morgan fingerprint density at radius 3 is 3.06 bits per heavy atom. The van der Waals surface area contributed by atoms with Gasteiger partial charge in [-0.2, -0.15) is 0 Å². The SMILES string of the molecule is CC(C[C@H]1CCCOC1)[C@@H](N=[N+]=[N-])OC(N)=O. The Morgan fingerprint density at radius 2 is 2.53 bits per heavy atom. The van der Waals surface area contributed by atoms with Crippen LogP contribution < -0.4 is 5.73 Å². The zero-order chi connectivity index (χ0) is 12.7. The molecule has 0 aliphatic carbocycles. The number of carbonyl (C=O) groups excluding carboxylic acids is 1. The van der Waals surface area contributed by atoms with E-state index in [1.54, 1.807) is 0 Å². The van der Waals surface area contributed by atoms with Crippen LogP contribution >= 0.6 is 0 Å². The molecule has 1 amide bonds. The van der Waals surface area contributed by atoms with Crippen LogP contribution in [0.2, 0.25) is 0 Å². The fourth-order valence-electron chi connectivity index (χ4n) is 2.06. The summed E-state index contributed by atoms with van der Waals surface area (Å²) in [7, 11) is 0. The fourth-order valence-corrected chi connectivity index (χ4v) is 2.06. The van der Waals surface area contributed by atoms with Crippen molar-refractivity contribution in [2.45, 2.75) is 32.4 Å². The third kappa shape index (κ3) is 4.93. The van der Waals surface area contributed by atoms with Gasteiger partial charge in [-0.25, -0.2) is 4.79 Å². The van der Waals surface area contributed by atoms with E-state index in [-0.39, 0.29) is 5.92 Å². The molecule has 1 aliphatic heterocycles. The highest BCUT2D eigenvalue weighted by Crippen LogP contribution is 2.25. The number of nitrogens with zero attached hydrogens (tertiary/aromatic N) is 3. The highest BCUT2D eigenvalue weighted by molar-refractivity contribution is 5.64. The second-order valence-corrected chi connectivity index (χ2v) is 4.33. The van der Waals surface area contributed by atoms with E-state index >= 15 is 0 Å². The van der Waals surface area contributed by atoms with E-state index in [9.17, 15) is 4.79 Å². The van der Waals surface area contributed by atoms with E-state index in [0.29, 0.717) is 12.5 Å². The van der Waals surface area contributed by atoms with Crippen molar-refractivity contribution >= 4 is 6.09 Å². The van der Waals surface area contributed by atoms with Gasteiger partial charge in [-0.05, 0) is 41.7 Å². The number of ether oxygens (including phenoxy) is 2. The van der Waals surface area contributed by atoms with Crippen LogP contribution in [0.3, 0.4) is 0 Å². The van der Waals surface area contributed by atoms with Crippen LogP contribution in [0.4, 0.5) is 4.79 Å². The maximum atomic E-state index is 10.7. The molecule has 96 valence electrons. The van der Waals surface area contributed by atoms with Gasteiger partial charge in [0.2, 0.25) is 0 Å². The summed E-state index contributed by atoms with van der Waals surface area (Å²) >= 11 is 0. The molecule has 1 fully saturated rings. The van der Waals surface area contributed by atoms with Gasteiger partial charge in [-0.15, -0.1) is 0 Å². The largest absolute Gasteiger partial charge is 0.440 e. The second-order valence-electron chi connectivity index (χ2n) is 4.33. The number of carbonyl (C=O) groups is 1. The van der Waals surface area contributed by atoms with Gasteiger partial charge in [-0.1, -0.05) is 6.92 Å². The molecule has 2 N–H and O–H groups in total. The molecule has 1 rings (SSSR count). The third-order valence-corrected chi connectivity index (χ3v) is 2.85. The molecule has 17 heavy (non-hydrogen) atoms. The lowest BCUT2D eigenvalue weighted by molar-refractivity contribution is 0.0254. The third-order valence-electron chi connectivity index (χ3n) is 2.85. The normalized spacial score (nSPS) is 23.2. The molecule has 1 saturated heterocycles. The van der Waals surface area contributed by atoms with Crippen molar-refractivity contribution in [3.05, 3.63) is 10.4 Å². The molecular formula is C10H18N4O3. The minimum absolute atomic E-state index is 0.0647. The molecule has 1 heterocycles. The smallest absolute Gasteiger partial charge is 0.404 e. The Hall–Kier alpha value is -1.46. The quantitative estimate of drug-likeness (QED) is 0.453. The molecule has 0 aromatic heterocycles. The summed E-state index contributed by atoms with van der Waals surface area (Å²) in [5.41, 5.74) is 13.3. The van der Waals surface area contributed by atoms with Gasteiger partial charge in [0.15, 0.2) is 6.23 Å². The standard InChI is InChI=1S/C10H18N4O3/c1-7(5-8-3-2-4-16-6-8)9(13-14-12)17-10(11)15/h7-9H,2-6H2,1H3,(H2,11,15)/t7?,8-,9+/m1/s1. The molecule has 0 saturated carbocycles. The highest BCUT2D eigenvalue weighted by Gasteiger charge is 2.24. The summed E-state index contributed by atoms with van der Waals surface area (Å²) in [5.74, 6) is 0.358. The minimum Gasteiger partial charge on any atom is -0.440 e. The first-order valence-electron chi connectivity index (χ1n) is 5.71. The summed E-state index contributed by atoms with van der Waals surface area (Å²) in [5, 5.41) is 3.45. The molecule has 1 aliphatic rings. The predicted octanol–water partition coefficient (Wildman–Crippen LogP) is 2.17. The maximum Gasteiger partial charge on any atom is 0.404 e. The lowest BCUT2D eigenvalue weighted by atomic mass is 9.90. The van der Waals surface area contributed by atoms with Crippen molar-refractivity contribution in [3.8, 4) is 0 Å². The number of nitrogens with two attached hydrogens (primary N) is 1. The molecule has 0 radical (unpaired) electrons. The van der Waals surface area contributed by atoms with Crippen molar-refractivity contribution in [3.63, 3.8) is 0 Å². The number of amides is 1. The topological polar surface area (TPSA) is 110 Å². The number of hydrogen-bond acceptors (Lipinski definition) is 4. The number of rotatable bonds is 5. The minimum atomic E-state index is -0.922. The van der Waals surface area contributed by atoms with Gasteiger partial charge in [0.25, 0.3) is 0 Å². The van der Waals surface area contributed by atoms with Gasteiger partial charge in [0.1, 0.15) is 0 Å². The second kappa shape index (κ2) is 6.98. The Labute approximate surface area is 99.9 Å². The van der Waals surface area contributed by atoms with Crippen molar-refractivity contribution in [2.75, 3.05) is 13.2 Å². The average molecular weight is 242 g/mol. The highest BCUT2D eigenvalue weighted by atomic mass is 16.6. The first kappa shape index (κ1) is 13.6. The zero-order valence-corrected chi connectivity index (χ0v) is 9.91. The number of hydrogen-bond donors (Lipinski definition) is 1. The molecule has 1 unspecified atom stereocenters. The first-order valence-corrected chi connectivity index (χ1v) is 5.71. The molecule has 7 nitrogen and oxygen atoms in total. The van der Waals surface area contributed by atoms with Crippen molar-refractivity contribution in [1.29, 1.82) is 0 Å². The van der Waals surface area contributed by atoms with Crippen LogP contribution in [-0.4, -0.2) is 25.5 Å². The molecule has 7 heteroatoms. The van der Waals surface area contributed by atoms with Crippen LogP contribution in [0, 0.1) is 11.8 Å². The van der Waals surface area contributed by atoms with E-state index in [2.05, 4.69) is 10.0 Å². The molecule has 3 atom stereocenters. The summed E-state index contributed by atoms with van der Waals surface area (Å²) in [4.78, 5) is 13.3. The maximum absolute atomic E-state index is 10.7. The van der Waals surface area contributed by atoms with Crippen molar-refractivity contribution in [1.82, 2.24) is 0 Å². The predicted molar refractivity (Wildman–Crippen MR) is 60.9 cm³/mol. The van der Waals surface area contributed by atoms with Gasteiger partial charge in [0, 0.05) is 18.1 Å². The molecule has 0 spiro atoms. The summed E-state index contributed by atoms with van der Waals surface area (Å²) in [6.07, 6.45) is 1.16. The Bertz CT molecular complexity index is 298. The number of primary amides is 1. The summed E-state index contributed by atoms with van der Waals surface area (Å²) in [6.45, 7) is 3.39. The van der Waals surface area contributed by atoms with Gasteiger partial charge in [-0.3, -0.25) is 0 Å². The van der Waals surface area contributed by atoms with Gasteiger partial charge < -0.3 is 15.2 Å². The molecular weight excluding hydrogens is 224 g/mol. The number of azide groups is 1. The lowest BCUT2D eigenvalue weighted by Crippen LogP contribution is -2.29. The van der Waals surface area contributed by atoms with Crippen LogP contribution in [-0.2, 0) is 9.47 Å². The van der Waals surface area contributed by atoms with Crippen LogP contribution in [0.25, 0.3) is 10.4 Å². The van der Waals surface area contributed by atoms with Crippen molar-refractivity contribution < 1.29 is 14.3 Å². The average Bonchev–Trinajstić information content (AvgIpc) is 2.29. The molecule has 0 aromatic carbocycles. The van der Waals surface area contributed by atoms with Crippen LogP contribution in [0.15, 0.2) is 5.11 Å².